The van der Waals surface area contributed by atoms with Crippen LogP contribution in [0.2, 0.25) is 0 Å². The first-order valence-corrected chi connectivity index (χ1v) is 10.5. The van der Waals surface area contributed by atoms with Gasteiger partial charge in [0.05, 0.1) is 0 Å². The number of aliphatic carboxylic acids is 1. The zero-order chi connectivity index (χ0) is 22.5. The largest absolute Gasteiger partial charge is 0.480 e. The standard InChI is InChI=1S/C24H28N2O5/c1-4-20(23(28)29)25-22(27)21(14(2)3)26-24(30)31-13-19-17-11-7-5-9-15(17)16-10-6-8-12-18(16)19/h5-12,14,19-21H,4,13H2,1-3H3,(H,25,27)(H,26,30)(H,28,29)/t20-,21+/m0/s1. The number of hydrogen-bond acceptors (Lipinski definition) is 4. The van der Waals surface area contributed by atoms with Crippen LogP contribution < -0.4 is 10.6 Å². The SMILES string of the molecule is CC[C@H](NC(=O)[C@H](NC(=O)OCC1c2ccccc2-c2ccccc21)C(C)C)C(=O)O. The summed E-state index contributed by atoms with van der Waals surface area (Å²) >= 11 is 0. The van der Waals surface area contributed by atoms with Gasteiger partial charge in [0.15, 0.2) is 0 Å². The highest BCUT2D eigenvalue weighted by atomic mass is 16.5. The fourth-order valence-corrected chi connectivity index (χ4v) is 3.90. The van der Waals surface area contributed by atoms with Crippen molar-refractivity contribution in [1.29, 1.82) is 0 Å². The molecule has 2 aromatic rings. The fourth-order valence-electron chi connectivity index (χ4n) is 3.90. The molecule has 7 heteroatoms. The molecule has 3 rings (SSSR count). The van der Waals surface area contributed by atoms with Gasteiger partial charge >= 0.3 is 12.1 Å². The Morgan fingerprint density at radius 1 is 0.968 bits per heavy atom. The van der Waals surface area contributed by atoms with Crippen LogP contribution in [0.25, 0.3) is 11.1 Å². The van der Waals surface area contributed by atoms with E-state index in [2.05, 4.69) is 22.8 Å². The molecule has 0 bridgehead atoms. The van der Waals surface area contributed by atoms with Crippen LogP contribution in [-0.4, -0.2) is 41.8 Å². The lowest BCUT2D eigenvalue weighted by atomic mass is 9.98. The molecular weight excluding hydrogens is 396 g/mol. The highest BCUT2D eigenvalue weighted by molar-refractivity contribution is 5.89. The summed E-state index contributed by atoms with van der Waals surface area (Å²) in [6.45, 7) is 5.35. The predicted molar refractivity (Wildman–Crippen MR) is 117 cm³/mol. The zero-order valence-corrected chi connectivity index (χ0v) is 17.9. The average molecular weight is 424 g/mol. The molecule has 0 aromatic heterocycles. The second-order valence-corrected chi connectivity index (χ2v) is 8.00. The van der Waals surface area contributed by atoms with Crippen LogP contribution in [-0.2, 0) is 14.3 Å². The normalized spacial score (nSPS) is 14.3. The van der Waals surface area contributed by atoms with Crippen molar-refractivity contribution in [2.24, 2.45) is 5.92 Å². The van der Waals surface area contributed by atoms with Crippen molar-refractivity contribution in [3.8, 4) is 11.1 Å². The summed E-state index contributed by atoms with van der Waals surface area (Å²) in [6.07, 6.45) is -0.462. The quantitative estimate of drug-likeness (QED) is 0.601. The van der Waals surface area contributed by atoms with Crippen molar-refractivity contribution in [2.75, 3.05) is 6.61 Å². The predicted octanol–water partition coefficient (Wildman–Crippen LogP) is 3.53. The smallest absolute Gasteiger partial charge is 0.407 e. The maximum absolute atomic E-state index is 12.5. The van der Waals surface area contributed by atoms with E-state index in [0.29, 0.717) is 0 Å². The van der Waals surface area contributed by atoms with Crippen LogP contribution in [0, 0.1) is 5.92 Å². The maximum atomic E-state index is 12.5. The Hall–Kier alpha value is -3.35. The third-order valence-electron chi connectivity index (χ3n) is 5.59. The van der Waals surface area contributed by atoms with Crippen molar-refractivity contribution in [3.05, 3.63) is 59.7 Å². The average Bonchev–Trinajstić information content (AvgIpc) is 3.07. The minimum absolute atomic E-state index is 0.0824. The number of carboxylic acid groups (broad SMARTS) is 1. The highest BCUT2D eigenvalue weighted by Crippen LogP contribution is 2.44. The molecule has 0 unspecified atom stereocenters. The molecule has 1 aliphatic rings. The van der Waals surface area contributed by atoms with E-state index in [1.54, 1.807) is 20.8 Å². The third kappa shape index (κ3) is 4.87. The molecule has 1 aliphatic carbocycles. The van der Waals surface area contributed by atoms with Crippen LogP contribution in [0.4, 0.5) is 4.79 Å². The molecule has 0 radical (unpaired) electrons. The van der Waals surface area contributed by atoms with Gasteiger partial charge in [0.2, 0.25) is 5.91 Å². The van der Waals surface area contributed by atoms with E-state index >= 15 is 0 Å². The summed E-state index contributed by atoms with van der Waals surface area (Å²) < 4.78 is 5.50. The maximum Gasteiger partial charge on any atom is 0.407 e. The number of hydrogen-bond donors (Lipinski definition) is 3. The van der Waals surface area contributed by atoms with Gasteiger partial charge in [-0.2, -0.15) is 0 Å². The summed E-state index contributed by atoms with van der Waals surface area (Å²) in [6, 6.07) is 14.2. The fraction of sp³-hybridized carbons (Fsp3) is 0.375. The minimum Gasteiger partial charge on any atom is -0.480 e. The molecule has 2 amide bonds. The van der Waals surface area contributed by atoms with Crippen LogP contribution in [0.3, 0.4) is 0 Å². The van der Waals surface area contributed by atoms with Crippen molar-refractivity contribution < 1.29 is 24.2 Å². The first-order chi connectivity index (χ1) is 14.8. The second-order valence-electron chi connectivity index (χ2n) is 8.00. The molecular formula is C24H28N2O5. The van der Waals surface area contributed by atoms with Crippen molar-refractivity contribution in [2.45, 2.75) is 45.2 Å². The topological polar surface area (TPSA) is 105 Å². The lowest BCUT2D eigenvalue weighted by Gasteiger charge is -2.24. The molecule has 0 heterocycles. The van der Waals surface area contributed by atoms with Crippen LogP contribution in [0.15, 0.2) is 48.5 Å². The minimum atomic E-state index is -1.11. The van der Waals surface area contributed by atoms with Gasteiger partial charge in [0.25, 0.3) is 0 Å². The van der Waals surface area contributed by atoms with E-state index in [9.17, 15) is 14.4 Å². The molecule has 0 spiro atoms. The summed E-state index contributed by atoms with van der Waals surface area (Å²) in [4.78, 5) is 36.2. The van der Waals surface area contributed by atoms with E-state index in [1.807, 2.05) is 36.4 Å². The molecule has 2 atom stereocenters. The molecule has 164 valence electrons. The van der Waals surface area contributed by atoms with Gasteiger partial charge in [-0.15, -0.1) is 0 Å². The summed E-state index contributed by atoms with van der Waals surface area (Å²) in [5.74, 6) is -1.98. The molecule has 3 N–H and O–H groups in total. The number of carbonyl (C=O) groups excluding carboxylic acids is 2. The molecule has 0 fully saturated rings. The molecule has 0 saturated carbocycles. The number of alkyl carbamates (subject to hydrolysis) is 1. The van der Waals surface area contributed by atoms with E-state index in [-0.39, 0.29) is 24.9 Å². The third-order valence-corrected chi connectivity index (χ3v) is 5.59. The first-order valence-electron chi connectivity index (χ1n) is 10.5. The number of amides is 2. The van der Waals surface area contributed by atoms with Gasteiger partial charge in [-0.3, -0.25) is 4.79 Å². The second kappa shape index (κ2) is 9.64. The lowest BCUT2D eigenvalue weighted by Crippen LogP contribution is -2.53. The number of nitrogens with one attached hydrogen (secondary N) is 2. The van der Waals surface area contributed by atoms with Gasteiger partial charge in [-0.25, -0.2) is 9.59 Å². The van der Waals surface area contributed by atoms with E-state index in [0.717, 1.165) is 22.3 Å². The van der Waals surface area contributed by atoms with E-state index in [4.69, 9.17) is 9.84 Å². The van der Waals surface area contributed by atoms with Gasteiger partial charge in [-0.05, 0) is 34.6 Å². The van der Waals surface area contributed by atoms with Gasteiger partial charge in [-0.1, -0.05) is 69.3 Å². The number of fused-ring (bicyclic) bond motifs is 3. The number of rotatable bonds is 8. The van der Waals surface area contributed by atoms with Crippen molar-refractivity contribution in [1.82, 2.24) is 10.6 Å². The number of benzene rings is 2. The number of carboxylic acids is 1. The summed E-state index contributed by atoms with van der Waals surface area (Å²) in [7, 11) is 0. The molecule has 7 nitrogen and oxygen atoms in total. The summed E-state index contributed by atoms with van der Waals surface area (Å²) in [5, 5.41) is 14.2. The number of ether oxygens (including phenoxy) is 1. The Balaban J connectivity index is 1.66. The molecule has 0 aliphatic heterocycles. The monoisotopic (exact) mass is 424 g/mol. The Morgan fingerprint density at radius 3 is 2.00 bits per heavy atom. The Kier molecular flexibility index (Phi) is 6.95. The van der Waals surface area contributed by atoms with Crippen LogP contribution in [0.5, 0.6) is 0 Å². The molecule has 2 aromatic carbocycles. The molecule has 0 saturated heterocycles. The van der Waals surface area contributed by atoms with Crippen LogP contribution >= 0.6 is 0 Å². The van der Waals surface area contributed by atoms with Gasteiger partial charge in [0.1, 0.15) is 18.7 Å². The number of carbonyl (C=O) groups is 3. The first kappa shape index (κ1) is 22.3. The summed E-state index contributed by atoms with van der Waals surface area (Å²) in [5.41, 5.74) is 4.46. The molecule has 31 heavy (non-hydrogen) atoms. The Bertz CT molecular complexity index is 926. The Morgan fingerprint density at radius 2 is 1.52 bits per heavy atom. The van der Waals surface area contributed by atoms with Gasteiger partial charge in [0, 0.05) is 5.92 Å². The van der Waals surface area contributed by atoms with E-state index < -0.39 is 30.1 Å². The zero-order valence-electron chi connectivity index (χ0n) is 17.9. The Labute approximate surface area is 181 Å². The van der Waals surface area contributed by atoms with E-state index in [1.165, 1.54) is 0 Å². The lowest BCUT2D eigenvalue weighted by molar-refractivity contribution is -0.142. The van der Waals surface area contributed by atoms with Crippen LogP contribution in [0.1, 0.15) is 44.2 Å². The van der Waals surface area contributed by atoms with Crippen molar-refractivity contribution >= 4 is 18.0 Å². The highest BCUT2D eigenvalue weighted by Gasteiger charge is 2.31. The van der Waals surface area contributed by atoms with Gasteiger partial charge < -0.3 is 20.5 Å². The van der Waals surface area contributed by atoms with Crippen molar-refractivity contribution in [3.63, 3.8) is 0 Å².